The van der Waals surface area contributed by atoms with Gasteiger partial charge < -0.3 is 19.7 Å². The van der Waals surface area contributed by atoms with Crippen molar-refractivity contribution in [3.63, 3.8) is 0 Å². The second-order valence-corrected chi connectivity index (χ2v) is 9.72. The van der Waals surface area contributed by atoms with Crippen LogP contribution in [0.3, 0.4) is 0 Å². The number of aliphatic carboxylic acids is 2. The first-order valence-corrected chi connectivity index (χ1v) is 12.5. The number of ether oxygens (including phenoxy) is 2. The first-order chi connectivity index (χ1) is 16.2. The number of methoxy groups -OCH3 is 1. The highest BCUT2D eigenvalue weighted by Gasteiger charge is 2.41. The molecular formula is C24H31NO7S2. The molecule has 0 spiro atoms. The van der Waals surface area contributed by atoms with Gasteiger partial charge in [0.2, 0.25) is 0 Å². The van der Waals surface area contributed by atoms with Gasteiger partial charge in [-0.05, 0) is 43.5 Å². The van der Waals surface area contributed by atoms with Gasteiger partial charge in [0, 0.05) is 0 Å². The number of rotatable bonds is 14. The molecular weight excluding hydrogens is 478 g/mol. The lowest BCUT2D eigenvalue weighted by Gasteiger charge is -2.21. The summed E-state index contributed by atoms with van der Waals surface area (Å²) in [5.74, 6) is -2.29. The Hall–Kier alpha value is -2.59. The van der Waals surface area contributed by atoms with Crippen molar-refractivity contribution in [2.45, 2.75) is 70.9 Å². The van der Waals surface area contributed by atoms with Crippen molar-refractivity contribution in [1.82, 2.24) is 4.90 Å². The van der Waals surface area contributed by atoms with Crippen LogP contribution in [0.5, 0.6) is 11.5 Å². The molecule has 1 aliphatic rings. The van der Waals surface area contributed by atoms with Crippen LogP contribution < -0.4 is 9.47 Å². The molecule has 0 unspecified atom stereocenters. The molecule has 0 bridgehead atoms. The molecule has 0 aliphatic carbocycles. The summed E-state index contributed by atoms with van der Waals surface area (Å²) < 4.78 is 11.5. The highest BCUT2D eigenvalue weighted by Crippen LogP contribution is 2.36. The molecule has 10 heteroatoms. The van der Waals surface area contributed by atoms with Crippen LogP contribution in [-0.2, 0) is 14.4 Å². The summed E-state index contributed by atoms with van der Waals surface area (Å²) in [5.41, 5.74) is 0.641. The first kappa shape index (κ1) is 27.7. The Labute approximate surface area is 209 Å². The topological polar surface area (TPSA) is 113 Å². The largest absolute Gasteiger partial charge is 0.493 e. The van der Waals surface area contributed by atoms with Gasteiger partial charge >= 0.3 is 11.9 Å². The molecule has 0 aromatic heterocycles. The Bertz CT molecular complexity index is 947. The molecule has 1 heterocycles. The number of hydrogen-bond donors (Lipinski definition) is 2. The lowest BCUT2D eigenvalue weighted by atomic mass is 10.1. The molecule has 1 aromatic carbocycles. The molecule has 2 N–H and O–H groups in total. The number of nitrogens with zero attached hydrogens (tertiary/aromatic N) is 1. The van der Waals surface area contributed by atoms with Crippen LogP contribution in [0.4, 0.5) is 0 Å². The van der Waals surface area contributed by atoms with E-state index in [9.17, 15) is 19.5 Å². The SMILES string of the molecule is CCCCCCC[C@H](C)Oc1ccc(/C=C2/SC(=S)N([C@H](CC(=O)O)C(=O)O)C2=O)cc1OC. The minimum atomic E-state index is -1.57. The Kier molecular flexibility index (Phi) is 10.8. The third-order valence-electron chi connectivity index (χ3n) is 5.32. The third-order valence-corrected chi connectivity index (χ3v) is 6.65. The maximum atomic E-state index is 12.8. The summed E-state index contributed by atoms with van der Waals surface area (Å²) in [6.07, 6.45) is 7.78. The average molecular weight is 510 g/mol. The van der Waals surface area contributed by atoms with Crippen molar-refractivity contribution in [3.05, 3.63) is 28.7 Å². The Balaban J connectivity index is 2.12. The van der Waals surface area contributed by atoms with E-state index in [1.165, 1.54) is 32.8 Å². The van der Waals surface area contributed by atoms with E-state index in [2.05, 4.69) is 6.92 Å². The smallest absolute Gasteiger partial charge is 0.327 e. The number of carboxylic acid groups (broad SMARTS) is 2. The van der Waals surface area contributed by atoms with Crippen LogP contribution in [-0.4, -0.2) is 56.5 Å². The van der Waals surface area contributed by atoms with E-state index in [1.807, 2.05) is 6.92 Å². The second-order valence-electron chi connectivity index (χ2n) is 8.05. The summed E-state index contributed by atoms with van der Waals surface area (Å²) >= 11 is 6.09. The highest BCUT2D eigenvalue weighted by atomic mass is 32.2. The maximum absolute atomic E-state index is 12.8. The van der Waals surface area contributed by atoms with Gasteiger partial charge in [-0.15, -0.1) is 0 Å². The molecule has 1 aliphatic heterocycles. The molecule has 1 amide bonds. The molecule has 1 fully saturated rings. The van der Waals surface area contributed by atoms with E-state index in [0.717, 1.165) is 29.5 Å². The highest BCUT2D eigenvalue weighted by molar-refractivity contribution is 8.26. The normalized spacial score (nSPS) is 16.6. The number of amides is 1. The van der Waals surface area contributed by atoms with Crippen LogP contribution >= 0.6 is 24.0 Å². The molecule has 8 nitrogen and oxygen atoms in total. The number of thiocarbonyl (C=S) groups is 1. The van der Waals surface area contributed by atoms with Crippen LogP contribution in [0.1, 0.15) is 64.4 Å². The summed E-state index contributed by atoms with van der Waals surface area (Å²) in [5, 5.41) is 18.4. The maximum Gasteiger partial charge on any atom is 0.327 e. The van der Waals surface area contributed by atoms with Crippen molar-refractivity contribution in [2.75, 3.05) is 7.11 Å². The van der Waals surface area contributed by atoms with E-state index in [4.69, 9.17) is 26.8 Å². The Morgan fingerprint density at radius 2 is 1.88 bits per heavy atom. The molecule has 186 valence electrons. The number of carbonyl (C=O) groups is 3. The number of carbonyl (C=O) groups excluding carboxylic acids is 1. The zero-order valence-corrected chi connectivity index (χ0v) is 21.2. The monoisotopic (exact) mass is 509 g/mol. The number of hydrogen-bond acceptors (Lipinski definition) is 7. The van der Waals surface area contributed by atoms with Gasteiger partial charge in [-0.3, -0.25) is 14.5 Å². The molecule has 0 radical (unpaired) electrons. The molecule has 34 heavy (non-hydrogen) atoms. The second kappa shape index (κ2) is 13.3. The van der Waals surface area contributed by atoms with Gasteiger partial charge in [0.1, 0.15) is 10.4 Å². The Morgan fingerprint density at radius 1 is 1.18 bits per heavy atom. The van der Waals surface area contributed by atoms with Crippen LogP contribution in [0, 0.1) is 0 Å². The lowest BCUT2D eigenvalue weighted by Crippen LogP contribution is -2.45. The summed E-state index contributed by atoms with van der Waals surface area (Å²) in [6, 6.07) is 3.69. The molecule has 1 aromatic rings. The standard InChI is InChI=1S/C24H31NO7S2/c1-4-5-6-7-8-9-15(2)32-18-11-10-16(12-19(18)31-3)13-20-22(28)25(24(33)34-20)17(23(29)30)14-21(26)27/h10-13,15,17H,4-9,14H2,1-3H3,(H,26,27)(H,29,30)/b20-13+/t15-,17+/m0/s1. The van der Waals surface area contributed by atoms with Crippen LogP contribution in [0.15, 0.2) is 23.1 Å². The molecule has 1 saturated heterocycles. The van der Waals surface area contributed by atoms with E-state index in [0.29, 0.717) is 17.1 Å². The van der Waals surface area contributed by atoms with Crippen molar-refractivity contribution in [1.29, 1.82) is 0 Å². The summed E-state index contributed by atoms with van der Waals surface area (Å²) in [4.78, 5) is 36.4. The van der Waals surface area contributed by atoms with Gasteiger partial charge in [0.25, 0.3) is 5.91 Å². The zero-order chi connectivity index (χ0) is 25.3. The predicted octanol–water partition coefficient (Wildman–Crippen LogP) is 4.95. The predicted molar refractivity (Wildman–Crippen MR) is 135 cm³/mol. The minimum Gasteiger partial charge on any atom is -0.493 e. The van der Waals surface area contributed by atoms with E-state index in [-0.39, 0.29) is 15.3 Å². The summed E-state index contributed by atoms with van der Waals surface area (Å²) in [6.45, 7) is 4.21. The van der Waals surface area contributed by atoms with Crippen molar-refractivity contribution in [2.24, 2.45) is 0 Å². The van der Waals surface area contributed by atoms with Gasteiger partial charge in [0.05, 0.1) is 24.5 Å². The first-order valence-electron chi connectivity index (χ1n) is 11.2. The fraction of sp³-hybridized carbons (Fsp3) is 0.500. The Morgan fingerprint density at radius 3 is 2.50 bits per heavy atom. The van der Waals surface area contributed by atoms with E-state index in [1.54, 1.807) is 24.3 Å². The number of carboxylic acids is 2. The van der Waals surface area contributed by atoms with Gasteiger partial charge in [0.15, 0.2) is 11.5 Å². The molecule has 2 rings (SSSR count). The number of unbranched alkanes of at least 4 members (excludes halogenated alkanes) is 4. The van der Waals surface area contributed by atoms with Gasteiger partial charge in [-0.1, -0.05) is 62.7 Å². The fourth-order valence-electron chi connectivity index (χ4n) is 3.54. The minimum absolute atomic E-state index is 0.00424. The molecule has 2 atom stereocenters. The average Bonchev–Trinajstić information content (AvgIpc) is 3.05. The van der Waals surface area contributed by atoms with Crippen LogP contribution in [0.25, 0.3) is 6.08 Å². The van der Waals surface area contributed by atoms with Crippen LogP contribution in [0.2, 0.25) is 0 Å². The van der Waals surface area contributed by atoms with E-state index < -0.39 is 30.3 Å². The lowest BCUT2D eigenvalue weighted by molar-refractivity contribution is -0.150. The summed E-state index contributed by atoms with van der Waals surface area (Å²) in [7, 11) is 1.53. The van der Waals surface area contributed by atoms with Crippen molar-refractivity contribution < 1.29 is 34.1 Å². The number of thioether (sulfide) groups is 1. The fourth-order valence-corrected chi connectivity index (χ4v) is 4.89. The van der Waals surface area contributed by atoms with Gasteiger partial charge in [-0.2, -0.15) is 0 Å². The van der Waals surface area contributed by atoms with Crippen molar-refractivity contribution >= 4 is 52.2 Å². The molecule has 0 saturated carbocycles. The van der Waals surface area contributed by atoms with E-state index >= 15 is 0 Å². The van der Waals surface area contributed by atoms with Crippen molar-refractivity contribution in [3.8, 4) is 11.5 Å². The third kappa shape index (κ3) is 7.73. The van der Waals surface area contributed by atoms with Gasteiger partial charge in [-0.25, -0.2) is 4.79 Å². The quantitative estimate of drug-likeness (QED) is 0.204. The number of benzene rings is 1. The zero-order valence-electron chi connectivity index (χ0n) is 19.6.